The summed E-state index contributed by atoms with van der Waals surface area (Å²) in [6, 6.07) is 0. The molecule has 0 spiro atoms. The number of carbonyl (C=O) groups excluding carboxylic acids is 1. The number of nitrogens with zero attached hydrogens (tertiary/aromatic N) is 1. The van der Waals surface area contributed by atoms with E-state index in [1.807, 2.05) is 13.8 Å². The Bertz CT molecular complexity index is 268. The van der Waals surface area contributed by atoms with Gasteiger partial charge in [-0.3, -0.25) is 9.69 Å². The lowest BCUT2D eigenvalue weighted by Gasteiger charge is -2.29. The van der Waals surface area contributed by atoms with E-state index in [2.05, 4.69) is 25.7 Å². The second-order valence-corrected chi connectivity index (χ2v) is 6.81. The number of hydrogen-bond donors (Lipinski definition) is 0. The van der Waals surface area contributed by atoms with Gasteiger partial charge in [-0.1, -0.05) is 20.8 Å². The first-order valence-electron chi connectivity index (χ1n) is 7.21. The molecule has 1 unspecified atom stereocenters. The highest BCUT2D eigenvalue weighted by molar-refractivity contribution is 5.71. The highest BCUT2D eigenvalue weighted by atomic mass is 16.5. The molecule has 18 heavy (non-hydrogen) atoms. The summed E-state index contributed by atoms with van der Waals surface area (Å²) in [6.07, 6.45) is 3.65. The fourth-order valence-electron chi connectivity index (χ4n) is 2.66. The van der Waals surface area contributed by atoms with E-state index in [4.69, 9.17) is 4.74 Å². The van der Waals surface area contributed by atoms with E-state index in [1.165, 1.54) is 19.3 Å². The minimum absolute atomic E-state index is 0.00759. The van der Waals surface area contributed by atoms with E-state index in [1.54, 1.807) is 0 Å². The van der Waals surface area contributed by atoms with Crippen molar-refractivity contribution in [3.63, 3.8) is 0 Å². The molecule has 0 amide bonds. The van der Waals surface area contributed by atoms with Crippen LogP contribution in [0.3, 0.4) is 0 Å². The van der Waals surface area contributed by atoms with Crippen molar-refractivity contribution in [3.05, 3.63) is 0 Å². The van der Waals surface area contributed by atoms with Gasteiger partial charge in [0.1, 0.15) is 0 Å². The lowest BCUT2D eigenvalue weighted by Crippen LogP contribution is -2.33. The first kappa shape index (κ1) is 15.5. The van der Waals surface area contributed by atoms with E-state index in [0.717, 1.165) is 19.0 Å². The molecular formula is C15H29NO2. The van der Waals surface area contributed by atoms with Gasteiger partial charge >= 0.3 is 5.97 Å². The van der Waals surface area contributed by atoms with Gasteiger partial charge in [0.15, 0.2) is 0 Å². The predicted octanol–water partition coefficient (Wildman–Crippen LogP) is 3.09. The molecule has 3 nitrogen and oxygen atoms in total. The van der Waals surface area contributed by atoms with Gasteiger partial charge in [-0.05, 0) is 57.5 Å². The number of likely N-dealkylation sites (tertiary alicyclic amines) is 1. The van der Waals surface area contributed by atoms with Crippen LogP contribution in [0.2, 0.25) is 0 Å². The van der Waals surface area contributed by atoms with Gasteiger partial charge < -0.3 is 4.74 Å². The third-order valence-corrected chi connectivity index (χ3v) is 3.77. The van der Waals surface area contributed by atoms with Crippen LogP contribution >= 0.6 is 0 Å². The molecule has 0 saturated carbocycles. The van der Waals surface area contributed by atoms with Crippen molar-refractivity contribution in [1.29, 1.82) is 0 Å². The second kappa shape index (κ2) is 6.55. The normalized spacial score (nSPS) is 22.9. The summed E-state index contributed by atoms with van der Waals surface area (Å²) in [5.41, 5.74) is 0.383. The first-order valence-corrected chi connectivity index (χ1v) is 7.21. The van der Waals surface area contributed by atoms with Crippen LogP contribution in [0.5, 0.6) is 0 Å². The molecule has 0 bridgehead atoms. The molecule has 3 heteroatoms. The van der Waals surface area contributed by atoms with Crippen LogP contribution in [0.15, 0.2) is 0 Å². The van der Waals surface area contributed by atoms with Gasteiger partial charge in [-0.2, -0.15) is 0 Å². The Morgan fingerprint density at radius 1 is 1.28 bits per heavy atom. The smallest absolute Gasteiger partial charge is 0.320 e. The van der Waals surface area contributed by atoms with Crippen LogP contribution in [0.4, 0.5) is 0 Å². The zero-order chi connectivity index (χ0) is 13.8. The zero-order valence-corrected chi connectivity index (χ0v) is 12.7. The lowest BCUT2D eigenvalue weighted by atomic mass is 9.77. The van der Waals surface area contributed by atoms with Crippen LogP contribution in [0.1, 0.15) is 53.9 Å². The van der Waals surface area contributed by atoms with Crippen molar-refractivity contribution >= 4 is 5.97 Å². The molecule has 0 aromatic heterocycles. The molecule has 0 radical (unpaired) electrons. The summed E-state index contributed by atoms with van der Waals surface area (Å²) in [6.45, 7) is 13.3. The minimum Gasteiger partial charge on any atom is -0.462 e. The monoisotopic (exact) mass is 255 g/mol. The third kappa shape index (κ3) is 5.38. The quantitative estimate of drug-likeness (QED) is 0.726. The molecule has 0 aromatic rings. The molecule has 0 aliphatic carbocycles. The van der Waals surface area contributed by atoms with Crippen molar-refractivity contribution in [3.8, 4) is 0 Å². The average molecular weight is 255 g/mol. The number of esters is 1. The number of hydrogen-bond acceptors (Lipinski definition) is 3. The van der Waals surface area contributed by atoms with E-state index < -0.39 is 0 Å². The summed E-state index contributed by atoms with van der Waals surface area (Å²) >= 11 is 0. The molecular weight excluding hydrogens is 226 g/mol. The van der Waals surface area contributed by atoms with Crippen LogP contribution in [-0.2, 0) is 9.53 Å². The van der Waals surface area contributed by atoms with E-state index in [9.17, 15) is 4.79 Å². The van der Waals surface area contributed by atoms with Crippen LogP contribution in [0, 0.1) is 11.3 Å². The molecule has 1 heterocycles. The maximum absolute atomic E-state index is 11.6. The van der Waals surface area contributed by atoms with Gasteiger partial charge in [-0.25, -0.2) is 0 Å². The predicted molar refractivity (Wildman–Crippen MR) is 74.5 cm³/mol. The van der Waals surface area contributed by atoms with Crippen LogP contribution in [-0.4, -0.2) is 36.6 Å². The molecule has 0 N–H and O–H groups in total. The van der Waals surface area contributed by atoms with Crippen LogP contribution < -0.4 is 0 Å². The van der Waals surface area contributed by atoms with Crippen LogP contribution in [0.25, 0.3) is 0 Å². The summed E-state index contributed by atoms with van der Waals surface area (Å²) in [4.78, 5) is 13.9. The largest absolute Gasteiger partial charge is 0.462 e. The highest BCUT2D eigenvalue weighted by Gasteiger charge is 2.27. The van der Waals surface area contributed by atoms with Gasteiger partial charge in [0.05, 0.1) is 12.6 Å². The molecule has 1 aliphatic heterocycles. The summed E-state index contributed by atoms with van der Waals surface area (Å²) < 4.78 is 5.21. The third-order valence-electron chi connectivity index (χ3n) is 3.77. The van der Waals surface area contributed by atoms with Crippen molar-refractivity contribution in [2.75, 3.05) is 19.6 Å². The molecule has 1 fully saturated rings. The summed E-state index contributed by atoms with van der Waals surface area (Å²) in [5, 5.41) is 0. The Morgan fingerprint density at radius 2 is 1.94 bits per heavy atom. The standard InChI is InChI=1S/C15H29NO2/c1-12(2)18-14(17)11-16-9-6-7-13(8-10-16)15(3,4)5/h12-13H,6-11H2,1-5H3. The fraction of sp³-hybridized carbons (Fsp3) is 0.933. The summed E-state index contributed by atoms with van der Waals surface area (Å²) in [5.74, 6) is 0.683. The van der Waals surface area contributed by atoms with Crippen molar-refractivity contribution in [1.82, 2.24) is 4.90 Å². The average Bonchev–Trinajstić information content (AvgIpc) is 2.40. The highest BCUT2D eigenvalue weighted by Crippen LogP contribution is 2.34. The Hall–Kier alpha value is -0.570. The molecule has 1 saturated heterocycles. The number of carbonyl (C=O) groups is 1. The van der Waals surface area contributed by atoms with Crippen molar-refractivity contribution in [2.24, 2.45) is 11.3 Å². The Kier molecular flexibility index (Phi) is 5.64. The SMILES string of the molecule is CC(C)OC(=O)CN1CCCC(C(C)(C)C)CC1. The number of rotatable bonds is 3. The fourth-order valence-corrected chi connectivity index (χ4v) is 2.66. The zero-order valence-electron chi connectivity index (χ0n) is 12.7. The van der Waals surface area contributed by atoms with E-state index in [-0.39, 0.29) is 12.1 Å². The van der Waals surface area contributed by atoms with Gasteiger partial charge in [0.2, 0.25) is 0 Å². The minimum atomic E-state index is -0.0841. The first-order chi connectivity index (χ1) is 8.29. The molecule has 1 aliphatic rings. The topological polar surface area (TPSA) is 29.5 Å². The Labute approximate surface area is 112 Å². The molecule has 1 atom stereocenters. The Morgan fingerprint density at radius 3 is 2.50 bits per heavy atom. The lowest BCUT2D eigenvalue weighted by molar-refractivity contribution is -0.148. The van der Waals surface area contributed by atoms with Gasteiger partial charge in [0.25, 0.3) is 0 Å². The van der Waals surface area contributed by atoms with E-state index in [0.29, 0.717) is 12.0 Å². The number of ether oxygens (including phenoxy) is 1. The van der Waals surface area contributed by atoms with Gasteiger partial charge in [0, 0.05) is 0 Å². The molecule has 1 rings (SSSR count). The molecule has 106 valence electrons. The second-order valence-electron chi connectivity index (χ2n) is 6.81. The molecule has 0 aromatic carbocycles. The van der Waals surface area contributed by atoms with E-state index >= 15 is 0 Å². The maximum atomic E-state index is 11.6. The van der Waals surface area contributed by atoms with Crippen molar-refractivity contribution in [2.45, 2.75) is 60.0 Å². The summed E-state index contributed by atoms with van der Waals surface area (Å²) in [7, 11) is 0. The maximum Gasteiger partial charge on any atom is 0.320 e. The van der Waals surface area contributed by atoms with Crippen molar-refractivity contribution < 1.29 is 9.53 Å². The van der Waals surface area contributed by atoms with Gasteiger partial charge in [-0.15, -0.1) is 0 Å². The Balaban J connectivity index is 2.40.